The summed E-state index contributed by atoms with van der Waals surface area (Å²) < 4.78 is 1.81. The van der Waals surface area contributed by atoms with Crippen molar-refractivity contribution >= 4 is 28.2 Å². The van der Waals surface area contributed by atoms with Gasteiger partial charge in [-0.25, -0.2) is 0 Å². The first kappa shape index (κ1) is 15.3. The van der Waals surface area contributed by atoms with E-state index in [-0.39, 0.29) is 0 Å². The van der Waals surface area contributed by atoms with Gasteiger partial charge in [0.1, 0.15) is 6.07 Å². The summed E-state index contributed by atoms with van der Waals surface area (Å²) in [5, 5.41) is 18.6. The van der Waals surface area contributed by atoms with Gasteiger partial charge in [-0.3, -0.25) is 9.67 Å². The fourth-order valence-corrected chi connectivity index (χ4v) is 2.82. The third kappa shape index (κ3) is 2.99. The second kappa shape index (κ2) is 6.27. The van der Waals surface area contributed by atoms with Crippen LogP contribution in [0.3, 0.4) is 0 Å². The fourth-order valence-electron chi connectivity index (χ4n) is 2.65. The van der Waals surface area contributed by atoms with Gasteiger partial charge >= 0.3 is 0 Å². The highest BCUT2D eigenvalue weighted by molar-refractivity contribution is 6.31. The molecule has 2 aromatic heterocycles. The van der Waals surface area contributed by atoms with E-state index in [9.17, 15) is 5.26 Å². The molecule has 0 aliphatic heterocycles. The Balaban J connectivity index is 2.01. The summed E-state index contributed by atoms with van der Waals surface area (Å²) >= 11 is 6.10. The number of nitrogens with zero attached hydrogens (tertiary/aromatic N) is 4. The number of aryl methyl sites for hydroxylation is 2. The molecule has 0 saturated carbocycles. The van der Waals surface area contributed by atoms with Gasteiger partial charge in [-0.05, 0) is 24.6 Å². The van der Waals surface area contributed by atoms with Crippen molar-refractivity contribution in [2.75, 3.05) is 5.32 Å². The predicted molar refractivity (Wildman–Crippen MR) is 91.4 cm³/mol. The number of benzene rings is 1. The van der Waals surface area contributed by atoms with Gasteiger partial charge < -0.3 is 5.32 Å². The van der Waals surface area contributed by atoms with E-state index in [1.165, 1.54) is 0 Å². The number of pyridine rings is 1. The number of nitriles is 1. The Morgan fingerprint density at radius 3 is 2.96 bits per heavy atom. The lowest BCUT2D eigenvalue weighted by Crippen LogP contribution is -2.04. The van der Waals surface area contributed by atoms with Crippen LogP contribution >= 0.6 is 11.6 Å². The van der Waals surface area contributed by atoms with E-state index in [1.807, 2.05) is 30.1 Å². The zero-order chi connectivity index (χ0) is 16.4. The fraction of sp³-hybridized carbons (Fsp3) is 0.235. The number of hydrogen-bond donors (Lipinski definition) is 1. The second-order valence-electron chi connectivity index (χ2n) is 5.30. The van der Waals surface area contributed by atoms with Gasteiger partial charge in [0.25, 0.3) is 0 Å². The molecule has 1 N–H and O–H groups in total. The third-order valence-electron chi connectivity index (χ3n) is 3.73. The van der Waals surface area contributed by atoms with Crippen LogP contribution in [0.5, 0.6) is 0 Å². The second-order valence-corrected chi connectivity index (χ2v) is 5.74. The lowest BCUT2D eigenvalue weighted by molar-refractivity contribution is 0.746. The van der Waals surface area contributed by atoms with Crippen LogP contribution in [0.1, 0.15) is 23.7 Å². The normalized spacial score (nSPS) is 10.7. The van der Waals surface area contributed by atoms with Crippen LogP contribution in [-0.2, 0) is 20.0 Å². The van der Waals surface area contributed by atoms with Gasteiger partial charge in [-0.1, -0.05) is 18.5 Å². The monoisotopic (exact) mass is 325 g/mol. The number of hydrogen-bond acceptors (Lipinski definition) is 4. The molecule has 3 aromatic rings. The number of fused-ring (bicyclic) bond motifs is 1. The Morgan fingerprint density at radius 2 is 2.22 bits per heavy atom. The highest BCUT2D eigenvalue weighted by Crippen LogP contribution is 2.28. The predicted octanol–water partition coefficient (Wildman–Crippen LogP) is 3.67. The maximum absolute atomic E-state index is 9.37. The Labute approximate surface area is 139 Å². The van der Waals surface area contributed by atoms with Gasteiger partial charge in [0.05, 0.1) is 22.5 Å². The topological polar surface area (TPSA) is 66.5 Å². The van der Waals surface area contributed by atoms with Crippen LogP contribution < -0.4 is 5.32 Å². The average molecular weight is 326 g/mol. The van der Waals surface area contributed by atoms with E-state index >= 15 is 0 Å². The Kier molecular flexibility index (Phi) is 4.18. The number of anilines is 1. The molecule has 0 fully saturated rings. The summed E-state index contributed by atoms with van der Waals surface area (Å²) in [5.74, 6) is 0. The molecule has 116 valence electrons. The zero-order valence-electron chi connectivity index (χ0n) is 13.0. The molecule has 0 saturated heterocycles. The Bertz CT molecular complexity index is 907. The van der Waals surface area contributed by atoms with E-state index in [0.29, 0.717) is 17.1 Å². The number of halogens is 1. The molecule has 0 amide bonds. The Hall–Kier alpha value is -2.58. The van der Waals surface area contributed by atoms with Gasteiger partial charge in [0.2, 0.25) is 0 Å². The van der Waals surface area contributed by atoms with E-state index in [0.717, 1.165) is 34.3 Å². The molecule has 1 aromatic carbocycles. The maximum atomic E-state index is 9.37. The van der Waals surface area contributed by atoms with E-state index in [1.54, 1.807) is 12.3 Å². The SMILES string of the molecule is CCc1nn(C)cc1CNc1c(C#N)cnc2ccc(Cl)cc12. The molecule has 0 bridgehead atoms. The van der Waals surface area contributed by atoms with Crippen LogP contribution in [0.4, 0.5) is 5.69 Å². The molecular formula is C17H16ClN5. The van der Waals surface area contributed by atoms with Crippen molar-refractivity contribution < 1.29 is 0 Å². The van der Waals surface area contributed by atoms with Crippen molar-refractivity contribution in [1.29, 1.82) is 5.26 Å². The summed E-state index contributed by atoms with van der Waals surface area (Å²) in [7, 11) is 1.91. The highest BCUT2D eigenvalue weighted by atomic mass is 35.5. The number of nitrogens with one attached hydrogen (secondary N) is 1. The van der Waals surface area contributed by atoms with Gasteiger partial charge in [-0.15, -0.1) is 0 Å². The summed E-state index contributed by atoms with van der Waals surface area (Å²) in [6, 6.07) is 7.67. The van der Waals surface area contributed by atoms with Gasteiger partial charge in [-0.2, -0.15) is 10.4 Å². The molecular weight excluding hydrogens is 310 g/mol. The molecule has 0 aliphatic rings. The van der Waals surface area contributed by atoms with Crippen molar-refractivity contribution in [3.05, 3.63) is 52.4 Å². The molecule has 0 unspecified atom stereocenters. The molecule has 0 spiro atoms. The Morgan fingerprint density at radius 1 is 1.39 bits per heavy atom. The lowest BCUT2D eigenvalue weighted by atomic mass is 10.1. The van der Waals surface area contributed by atoms with Crippen LogP contribution in [0.25, 0.3) is 10.9 Å². The lowest BCUT2D eigenvalue weighted by Gasteiger charge is -2.11. The van der Waals surface area contributed by atoms with Gasteiger partial charge in [0.15, 0.2) is 0 Å². The molecule has 3 rings (SSSR count). The molecule has 0 aliphatic carbocycles. The maximum Gasteiger partial charge on any atom is 0.103 e. The van der Waals surface area contributed by atoms with Crippen molar-refractivity contribution in [3.8, 4) is 6.07 Å². The van der Waals surface area contributed by atoms with E-state index < -0.39 is 0 Å². The molecule has 5 nitrogen and oxygen atoms in total. The number of aromatic nitrogens is 3. The molecule has 0 atom stereocenters. The average Bonchev–Trinajstić information content (AvgIpc) is 2.92. The number of rotatable bonds is 4. The first-order valence-electron chi connectivity index (χ1n) is 7.36. The first-order chi connectivity index (χ1) is 11.1. The molecule has 2 heterocycles. The van der Waals surface area contributed by atoms with Crippen LogP contribution in [0, 0.1) is 11.3 Å². The molecule has 6 heteroatoms. The van der Waals surface area contributed by atoms with Crippen LogP contribution in [0.2, 0.25) is 5.02 Å². The first-order valence-corrected chi connectivity index (χ1v) is 7.73. The van der Waals surface area contributed by atoms with Gasteiger partial charge in [0, 0.05) is 42.0 Å². The largest absolute Gasteiger partial charge is 0.379 e. The highest BCUT2D eigenvalue weighted by Gasteiger charge is 2.11. The van der Waals surface area contributed by atoms with E-state index in [2.05, 4.69) is 28.4 Å². The minimum Gasteiger partial charge on any atom is -0.379 e. The minimum atomic E-state index is 0.502. The zero-order valence-corrected chi connectivity index (χ0v) is 13.7. The summed E-state index contributed by atoms with van der Waals surface area (Å²) in [4.78, 5) is 4.31. The van der Waals surface area contributed by atoms with E-state index in [4.69, 9.17) is 11.6 Å². The smallest absolute Gasteiger partial charge is 0.103 e. The van der Waals surface area contributed by atoms with Crippen LogP contribution in [0.15, 0.2) is 30.6 Å². The molecule has 23 heavy (non-hydrogen) atoms. The van der Waals surface area contributed by atoms with Crippen molar-refractivity contribution in [3.63, 3.8) is 0 Å². The van der Waals surface area contributed by atoms with Crippen molar-refractivity contribution in [1.82, 2.24) is 14.8 Å². The summed E-state index contributed by atoms with van der Waals surface area (Å²) in [6.45, 7) is 2.67. The summed E-state index contributed by atoms with van der Waals surface area (Å²) in [6.07, 6.45) is 4.45. The summed E-state index contributed by atoms with van der Waals surface area (Å²) in [5.41, 5.74) is 4.23. The van der Waals surface area contributed by atoms with Crippen molar-refractivity contribution in [2.24, 2.45) is 7.05 Å². The molecule has 0 radical (unpaired) electrons. The van der Waals surface area contributed by atoms with Crippen LogP contribution in [-0.4, -0.2) is 14.8 Å². The quantitative estimate of drug-likeness (QED) is 0.794. The van der Waals surface area contributed by atoms with Crippen molar-refractivity contribution in [2.45, 2.75) is 19.9 Å². The minimum absolute atomic E-state index is 0.502. The third-order valence-corrected chi connectivity index (χ3v) is 3.97. The standard InChI is InChI=1S/C17H16ClN5/c1-3-15-12(10-23(2)22-15)9-21-17-11(7-19)8-20-16-5-4-13(18)6-14(16)17/h4-6,8,10H,3,9H2,1-2H3,(H,20,21).